The lowest BCUT2D eigenvalue weighted by atomic mass is 10.1. The molecule has 1 aromatic heterocycles. The van der Waals surface area contributed by atoms with E-state index in [1.165, 1.54) is 29.5 Å². The van der Waals surface area contributed by atoms with E-state index in [4.69, 9.17) is 0 Å². The largest absolute Gasteiger partial charge is 0.508 e. The highest BCUT2D eigenvalue weighted by molar-refractivity contribution is 7.20. The molecule has 0 aliphatic rings. The molecule has 2 aromatic carbocycles. The van der Waals surface area contributed by atoms with Crippen molar-refractivity contribution in [1.29, 1.82) is 0 Å². The molecule has 2 N–H and O–H groups in total. The van der Waals surface area contributed by atoms with Gasteiger partial charge in [0, 0.05) is 5.56 Å². The second-order valence-electron chi connectivity index (χ2n) is 4.05. The first-order valence-corrected chi connectivity index (χ1v) is 6.38. The fourth-order valence-electron chi connectivity index (χ4n) is 1.75. The van der Waals surface area contributed by atoms with E-state index in [9.17, 15) is 15.0 Å². The number of nitrogens with zero attached hydrogens (tertiary/aromatic N) is 1. The third kappa shape index (κ3) is 2.15. The third-order valence-corrected chi connectivity index (χ3v) is 3.71. The van der Waals surface area contributed by atoms with Crippen LogP contribution in [0.5, 0.6) is 11.5 Å². The summed E-state index contributed by atoms with van der Waals surface area (Å²) in [7, 11) is 0. The smallest absolute Gasteiger partial charge is 0.221 e. The van der Waals surface area contributed by atoms with E-state index in [2.05, 4.69) is 4.98 Å². The normalized spacial score (nSPS) is 10.7. The van der Waals surface area contributed by atoms with Crippen LogP contribution in [0.1, 0.15) is 15.4 Å². The Labute approximate surface area is 112 Å². The summed E-state index contributed by atoms with van der Waals surface area (Å²) in [6.07, 6.45) is 0. The average molecular weight is 271 g/mol. The highest BCUT2D eigenvalue weighted by Gasteiger charge is 2.14. The van der Waals surface area contributed by atoms with Gasteiger partial charge in [-0.2, -0.15) is 0 Å². The van der Waals surface area contributed by atoms with Gasteiger partial charge < -0.3 is 10.2 Å². The van der Waals surface area contributed by atoms with Gasteiger partial charge >= 0.3 is 0 Å². The van der Waals surface area contributed by atoms with Crippen LogP contribution in [0.25, 0.3) is 10.2 Å². The molecule has 4 nitrogen and oxygen atoms in total. The summed E-state index contributed by atoms with van der Waals surface area (Å²) >= 11 is 1.24. The van der Waals surface area contributed by atoms with Crippen molar-refractivity contribution in [1.82, 2.24) is 4.98 Å². The summed E-state index contributed by atoms with van der Waals surface area (Å²) < 4.78 is 0.766. The first kappa shape index (κ1) is 11.7. The van der Waals surface area contributed by atoms with Crippen molar-refractivity contribution in [3.63, 3.8) is 0 Å². The van der Waals surface area contributed by atoms with Crippen LogP contribution in [-0.4, -0.2) is 21.0 Å². The maximum Gasteiger partial charge on any atom is 0.221 e. The van der Waals surface area contributed by atoms with Crippen LogP contribution in [0.3, 0.4) is 0 Å². The molecule has 1 heterocycles. The van der Waals surface area contributed by atoms with Gasteiger partial charge in [0.15, 0.2) is 5.01 Å². The maximum atomic E-state index is 12.2. The number of thiazole rings is 1. The number of carbonyl (C=O) groups excluding carboxylic acids is 1. The number of hydrogen-bond donors (Lipinski definition) is 2. The van der Waals surface area contributed by atoms with Crippen LogP contribution < -0.4 is 0 Å². The van der Waals surface area contributed by atoms with Crippen molar-refractivity contribution in [2.24, 2.45) is 0 Å². The van der Waals surface area contributed by atoms with E-state index in [1.54, 1.807) is 24.3 Å². The zero-order chi connectivity index (χ0) is 13.4. The van der Waals surface area contributed by atoms with Gasteiger partial charge in [0.1, 0.15) is 11.5 Å². The van der Waals surface area contributed by atoms with Crippen LogP contribution in [0.2, 0.25) is 0 Å². The molecule has 0 unspecified atom stereocenters. The van der Waals surface area contributed by atoms with Gasteiger partial charge in [0.2, 0.25) is 5.78 Å². The summed E-state index contributed by atoms with van der Waals surface area (Å²) in [5, 5.41) is 19.0. The van der Waals surface area contributed by atoms with Crippen LogP contribution >= 0.6 is 11.3 Å². The minimum Gasteiger partial charge on any atom is -0.508 e. The molecular weight excluding hydrogens is 262 g/mol. The lowest BCUT2D eigenvalue weighted by Crippen LogP contribution is -1.99. The Kier molecular flexibility index (Phi) is 2.68. The standard InChI is InChI=1S/C14H9NO3S/c16-9-3-1-8(2-4-9)13(18)14-15-11-6-5-10(17)7-12(11)19-14/h1-7,16-17H. The van der Waals surface area contributed by atoms with Gasteiger partial charge in [-0.1, -0.05) is 0 Å². The zero-order valence-electron chi connectivity index (χ0n) is 9.70. The predicted octanol–water partition coefficient (Wildman–Crippen LogP) is 2.94. The van der Waals surface area contributed by atoms with Crippen molar-refractivity contribution >= 4 is 27.3 Å². The Hall–Kier alpha value is -2.40. The van der Waals surface area contributed by atoms with Gasteiger partial charge in [-0.25, -0.2) is 4.98 Å². The first-order chi connectivity index (χ1) is 9.13. The second-order valence-corrected chi connectivity index (χ2v) is 5.08. The molecule has 0 amide bonds. The van der Waals surface area contributed by atoms with Crippen molar-refractivity contribution in [2.45, 2.75) is 0 Å². The molecule has 0 spiro atoms. The van der Waals surface area contributed by atoms with Gasteiger partial charge in [-0.05, 0) is 42.5 Å². The van der Waals surface area contributed by atoms with E-state index in [1.807, 2.05) is 0 Å². The molecule has 0 radical (unpaired) electrons. The SMILES string of the molecule is O=C(c1ccc(O)cc1)c1nc2ccc(O)cc2s1. The fourth-order valence-corrected chi connectivity index (χ4v) is 2.71. The topological polar surface area (TPSA) is 70.4 Å². The van der Waals surface area contributed by atoms with Crippen LogP contribution in [0.4, 0.5) is 0 Å². The van der Waals surface area contributed by atoms with Crippen molar-refractivity contribution in [3.8, 4) is 11.5 Å². The van der Waals surface area contributed by atoms with Crippen molar-refractivity contribution in [2.75, 3.05) is 0 Å². The monoisotopic (exact) mass is 271 g/mol. The lowest BCUT2D eigenvalue weighted by molar-refractivity contribution is 0.103. The van der Waals surface area contributed by atoms with E-state index < -0.39 is 0 Å². The Morgan fingerprint density at radius 1 is 1.00 bits per heavy atom. The number of aromatic hydroxyl groups is 2. The molecule has 0 aliphatic carbocycles. The fraction of sp³-hybridized carbons (Fsp3) is 0. The number of phenols is 2. The van der Waals surface area contributed by atoms with Crippen LogP contribution in [-0.2, 0) is 0 Å². The van der Waals surface area contributed by atoms with Crippen molar-refractivity contribution in [3.05, 3.63) is 53.0 Å². The average Bonchev–Trinajstić information content (AvgIpc) is 2.81. The maximum absolute atomic E-state index is 12.2. The van der Waals surface area contributed by atoms with Crippen molar-refractivity contribution < 1.29 is 15.0 Å². The molecule has 0 saturated carbocycles. The van der Waals surface area contributed by atoms with E-state index in [0.29, 0.717) is 16.1 Å². The Bertz CT molecular complexity index is 762. The number of rotatable bonds is 2. The number of phenolic OH excluding ortho intramolecular Hbond substituents is 2. The number of benzene rings is 2. The number of fused-ring (bicyclic) bond motifs is 1. The lowest BCUT2D eigenvalue weighted by Gasteiger charge is -1.96. The Balaban J connectivity index is 2.04. The second kappa shape index (κ2) is 4.37. The Morgan fingerprint density at radius 2 is 1.68 bits per heavy atom. The summed E-state index contributed by atoms with van der Waals surface area (Å²) in [6, 6.07) is 10.8. The molecule has 0 bridgehead atoms. The molecule has 3 aromatic rings. The van der Waals surface area contributed by atoms with E-state index in [0.717, 1.165) is 4.70 Å². The zero-order valence-corrected chi connectivity index (χ0v) is 10.5. The van der Waals surface area contributed by atoms with Crippen LogP contribution in [0, 0.1) is 0 Å². The summed E-state index contributed by atoms with van der Waals surface area (Å²) in [6.45, 7) is 0. The van der Waals surface area contributed by atoms with Gasteiger partial charge in [0.05, 0.1) is 10.2 Å². The third-order valence-electron chi connectivity index (χ3n) is 2.70. The number of aromatic nitrogens is 1. The van der Waals surface area contributed by atoms with E-state index in [-0.39, 0.29) is 17.3 Å². The minimum absolute atomic E-state index is 0.116. The Morgan fingerprint density at radius 3 is 2.42 bits per heavy atom. The summed E-state index contributed by atoms with van der Waals surface area (Å²) in [5.41, 5.74) is 1.16. The number of carbonyl (C=O) groups is 1. The summed E-state index contributed by atoms with van der Waals surface area (Å²) in [5.74, 6) is 0.0752. The molecule has 0 fully saturated rings. The van der Waals surface area contributed by atoms with Gasteiger partial charge in [0.25, 0.3) is 0 Å². The predicted molar refractivity (Wildman–Crippen MR) is 72.8 cm³/mol. The molecular formula is C14H9NO3S. The first-order valence-electron chi connectivity index (χ1n) is 5.57. The van der Waals surface area contributed by atoms with E-state index >= 15 is 0 Å². The molecule has 94 valence electrons. The highest BCUT2D eigenvalue weighted by Crippen LogP contribution is 2.27. The molecule has 0 atom stereocenters. The number of hydrogen-bond acceptors (Lipinski definition) is 5. The van der Waals surface area contributed by atoms with Gasteiger partial charge in [-0.15, -0.1) is 11.3 Å². The minimum atomic E-state index is -0.194. The molecule has 0 saturated heterocycles. The molecule has 19 heavy (non-hydrogen) atoms. The molecule has 5 heteroatoms. The number of ketones is 1. The molecule has 0 aliphatic heterocycles. The highest BCUT2D eigenvalue weighted by atomic mass is 32.1. The van der Waals surface area contributed by atoms with Gasteiger partial charge in [-0.3, -0.25) is 4.79 Å². The van der Waals surface area contributed by atoms with Crippen LogP contribution in [0.15, 0.2) is 42.5 Å². The summed E-state index contributed by atoms with van der Waals surface area (Å²) in [4.78, 5) is 16.5. The molecule has 3 rings (SSSR count). The quantitative estimate of drug-likeness (QED) is 0.703.